The maximum absolute atomic E-state index is 13.3. The number of amides is 4. The number of nitrogens with zero attached hydrogens (tertiary/aromatic N) is 2. The van der Waals surface area contributed by atoms with E-state index >= 15 is 0 Å². The number of hydrogen-bond acceptors (Lipinski definition) is 5. The van der Waals surface area contributed by atoms with Crippen LogP contribution in [0.1, 0.15) is 38.7 Å². The fraction of sp³-hybridized carbons (Fsp3) is 0.550. The van der Waals surface area contributed by atoms with E-state index in [0.717, 1.165) is 4.90 Å². The van der Waals surface area contributed by atoms with Crippen LogP contribution >= 0.6 is 0 Å². The second-order valence-corrected chi connectivity index (χ2v) is 9.81. The van der Waals surface area contributed by atoms with Crippen molar-refractivity contribution < 1.29 is 22.8 Å². The molecule has 0 radical (unpaired) electrons. The molecule has 3 rings (SSSR count). The number of imide groups is 1. The maximum atomic E-state index is 13.3. The SMILES string of the molecule is CCC[C@]1(c2ccccc2)NC(=O)N(CC(=O)N(CC)[C@@H]2CCS(=O)(=O)C2)C1=O. The predicted octanol–water partition coefficient (Wildman–Crippen LogP) is 1.27. The van der Waals surface area contributed by atoms with Crippen molar-refractivity contribution in [1.29, 1.82) is 0 Å². The lowest BCUT2D eigenvalue weighted by Gasteiger charge is -2.29. The predicted molar refractivity (Wildman–Crippen MR) is 108 cm³/mol. The normalized spacial score (nSPS) is 25.9. The van der Waals surface area contributed by atoms with Crippen molar-refractivity contribution >= 4 is 27.7 Å². The summed E-state index contributed by atoms with van der Waals surface area (Å²) in [5.41, 5.74) is -0.495. The minimum atomic E-state index is -3.15. The summed E-state index contributed by atoms with van der Waals surface area (Å²) in [6.07, 6.45) is 1.47. The maximum Gasteiger partial charge on any atom is 0.325 e. The minimum absolute atomic E-state index is 0.0538. The molecule has 2 fully saturated rings. The number of carbonyl (C=O) groups is 3. The van der Waals surface area contributed by atoms with Crippen molar-refractivity contribution in [1.82, 2.24) is 15.1 Å². The van der Waals surface area contributed by atoms with Crippen molar-refractivity contribution in [3.63, 3.8) is 0 Å². The van der Waals surface area contributed by atoms with Gasteiger partial charge in [0.25, 0.3) is 5.91 Å². The van der Waals surface area contributed by atoms with Gasteiger partial charge in [-0.25, -0.2) is 13.2 Å². The molecule has 2 atom stereocenters. The molecule has 2 heterocycles. The molecule has 2 aliphatic rings. The summed E-state index contributed by atoms with van der Waals surface area (Å²) in [4.78, 5) is 41.2. The number of rotatable bonds is 7. The van der Waals surface area contributed by atoms with Crippen LogP contribution in [0.3, 0.4) is 0 Å². The number of sulfone groups is 1. The molecular weight excluding hydrogens is 394 g/mol. The zero-order chi connectivity index (χ0) is 21.2. The fourth-order valence-electron chi connectivity index (χ4n) is 4.26. The molecule has 29 heavy (non-hydrogen) atoms. The summed E-state index contributed by atoms with van der Waals surface area (Å²) in [6.45, 7) is 3.62. The molecule has 4 amide bonds. The first-order valence-corrected chi connectivity index (χ1v) is 11.8. The molecule has 0 aliphatic carbocycles. The second-order valence-electron chi connectivity index (χ2n) is 7.58. The number of hydrogen-bond donors (Lipinski definition) is 1. The van der Waals surface area contributed by atoms with E-state index in [-0.39, 0.29) is 11.5 Å². The average Bonchev–Trinajstić information content (AvgIpc) is 3.16. The van der Waals surface area contributed by atoms with Crippen LogP contribution < -0.4 is 5.32 Å². The van der Waals surface area contributed by atoms with Gasteiger partial charge in [0.15, 0.2) is 9.84 Å². The third-order valence-corrected chi connectivity index (χ3v) is 7.42. The molecule has 2 aliphatic heterocycles. The van der Waals surface area contributed by atoms with Crippen LogP contribution in [0.15, 0.2) is 30.3 Å². The second kappa shape index (κ2) is 8.14. The van der Waals surface area contributed by atoms with Crippen molar-refractivity contribution in [3.8, 4) is 0 Å². The van der Waals surface area contributed by atoms with Crippen LogP contribution in [0.5, 0.6) is 0 Å². The monoisotopic (exact) mass is 421 g/mol. The fourth-order valence-corrected chi connectivity index (χ4v) is 5.99. The molecule has 8 nitrogen and oxygen atoms in total. The van der Waals surface area contributed by atoms with E-state index in [0.29, 0.717) is 31.4 Å². The Morgan fingerprint density at radius 2 is 1.93 bits per heavy atom. The first-order chi connectivity index (χ1) is 13.7. The molecule has 1 N–H and O–H groups in total. The number of benzene rings is 1. The van der Waals surface area contributed by atoms with Crippen molar-refractivity contribution in [2.45, 2.75) is 44.7 Å². The Kier molecular flexibility index (Phi) is 5.97. The molecule has 0 aromatic heterocycles. The van der Waals surface area contributed by atoms with Crippen molar-refractivity contribution in [2.75, 3.05) is 24.6 Å². The number of nitrogens with one attached hydrogen (secondary N) is 1. The summed E-state index contributed by atoms with van der Waals surface area (Å²) >= 11 is 0. The van der Waals surface area contributed by atoms with Crippen LogP contribution in [0, 0.1) is 0 Å². The van der Waals surface area contributed by atoms with E-state index in [1.807, 2.05) is 13.0 Å². The van der Waals surface area contributed by atoms with Crippen LogP contribution in [0.4, 0.5) is 4.79 Å². The summed E-state index contributed by atoms with van der Waals surface area (Å²) in [5.74, 6) is -0.883. The zero-order valence-electron chi connectivity index (χ0n) is 16.8. The van der Waals surface area contributed by atoms with Gasteiger partial charge >= 0.3 is 6.03 Å². The van der Waals surface area contributed by atoms with Gasteiger partial charge in [0.1, 0.15) is 12.1 Å². The molecule has 0 bridgehead atoms. The number of likely N-dealkylation sites (N-methyl/N-ethyl adjacent to an activating group) is 1. The van der Waals surface area contributed by atoms with E-state index in [2.05, 4.69) is 5.32 Å². The molecular formula is C20H27N3O5S. The van der Waals surface area contributed by atoms with Crippen molar-refractivity contribution in [2.24, 2.45) is 0 Å². The third kappa shape index (κ3) is 4.01. The molecule has 158 valence electrons. The highest BCUT2D eigenvalue weighted by atomic mass is 32.2. The van der Waals surface area contributed by atoms with Crippen LogP contribution in [0.2, 0.25) is 0 Å². The highest BCUT2D eigenvalue weighted by molar-refractivity contribution is 7.91. The average molecular weight is 422 g/mol. The molecule has 2 saturated heterocycles. The number of carbonyl (C=O) groups excluding carboxylic acids is 3. The summed E-state index contributed by atoms with van der Waals surface area (Å²) in [7, 11) is -3.15. The molecule has 0 unspecified atom stereocenters. The molecule has 0 spiro atoms. The Morgan fingerprint density at radius 3 is 2.48 bits per heavy atom. The first kappa shape index (κ1) is 21.3. The molecule has 1 aromatic rings. The van der Waals surface area contributed by atoms with E-state index in [1.54, 1.807) is 31.2 Å². The van der Waals surface area contributed by atoms with E-state index in [4.69, 9.17) is 0 Å². The quantitative estimate of drug-likeness (QED) is 0.668. The Labute approximate surface area is 171 Å². The highest BCUT2D eigenvalue weighted by Crippen LogP contribution is 2.33. The third-order valence-electron chi connectivity index (χ3n) is 5.67. The van der Waals surface area contributed by atoms with Crippen LogP contribution in [0.25, 0.3) is 0 Å². The Bertz CT molecular complexity index is 902. The summed E-state index contributed by atoms with van der Waals surface area (Å²) < 4.78 is 23.6. The summed E-state index contributed by atoms with van der Waals surface area (Å²) in [5, 5.41) is 2.80. The Hall–Kier alpha value is -2.42. The minimum Gasteiger partial charge on any atom is -0.337 e. The lowest BCUT2D eigenvalue weighted by molar-refractivity contribution is -0.140. The largest absolute Gasteiger partial charge is 0.337 e. The van der Waals surface area contributed by atoms with Gasteiger partial charge in [0.2, 0.25) is 5.91 Å². The van der Waals surface area contributed by atoms with Gasteiger partial charge in [-0.15, -0.1) is 0 Å². The van der Waals surface area contributed by atoms with Gasteiger partial charge in [-0.3, -0.25) is 14.5 Å². The highest BCUT2D eigenvalue weighted by Gasteiger charge is 2.52. The van der Waals surface area contributed by atoms with Gasteiger partial charge in [-0.1, -0.05) is 43.7 Å². The van der Waals surface area contributed by atoms with Gasteiger partial charge < -0.3 is 10.2 Å². The Balaban J connectivity index is 1.81. The van der Waals surface area contributed by atoms with Gasteiger partial charge in [0.05, 0.1) is 11.5 Å². The lowest BCUT2D eigenvalue weighted by Crippen LogP contribution is -2.48. The topological polar surface area (TPSA) is 104 Å². The standard InChI is InChI=1S/C20H27N3O5S/c1-3-11-20(15-8-6-5-7-9-15)18(25)23(19(26)21-20)13-17(24)22(4-2)16-10-12-29(27,28)14-16/h5-9,16H,3-4,10-14H2,1-2H3,(H,21,26)/t16-,20-/m1/s1. The Morgan fingerprint density at radius 1 is 1.24 bits per heavy atom. The van der Waals surface area contributed by atoms with Crippen molar-refractivity contribution in [3.05, 3.63) is 35.9 Å². The van der Waals surface area contributed by atoms with Gasteiger partial charge in [-0.2, -0.15) is 0 Å². The van der Waals surface area contributed by atoms with Crippen LogP contribution in [-0.2, 0) is 25.0 Å². The van der Waals surface area contributed by atoms with E-state index in [9.17, 15) is 22.8 Å². The number of urea groups is 1. The van der Waals surface area contributed by atoms with E-state index < -0.39 is 45.8 Å². The molecule has 9 heteroatoms. The lowest BCUT2D eigenvalue weighted by atomic mass is 9.85. The molecule has 0 saturated carbocycles. The molecule has 1 aromatic carbocycles. The van der Waals surface area contributed by atoms with Gasteiger partial charge in [-0.05, 0) is 25.3 Å². The summed E-state index contributed by atoms with van der Waals surface area (Å²) in [6, 6.07) is 8.02. The van der Waals surface area contributed by atoms with Crippen LogP contribution in [-0.4, -0.2) is 66.7 Å². The van der Waals surface area contributed by atoms with Gasteiger partial charge in [0, 0.05) is 12.6 Å². The first-order valence-electron chi connectivity index (χ1n) is 9.93. The zero-order valence-corrected chi connectivity index (χ0v) is 17.6. The van der Waals surface area contributed by atoms with E-state index in [1.165, 1.54) is 4.90 Å². The smallest absolute Gasteiger partial charge is 0.325 e.